The number of carbonyl (C=O) groups excluding carboxylic acids is 2. The summed E-state index contributed by atoms with van der Waals surface area (Å²) in [6, 6.07) is 5.34. The zero-order chi connectivity index (χ0) is 20.0. The maximum absolute atomic E-state index is 13.1. The molecule has 1 aliphatic rings. The quantitative estimate of drug-likeness (QED) is 0.672. The molecule has 3 aromatic rings. The summed E-state index contributed by atoms with van der Waals surface area (Å²) in [7, 11) is 0. The molecular formula is C19H21BrN6O2. The Bertz CT molecular complexity index is 1070. The van der Waals surface area contributed by atoms with Crippen LogP contribution in [0.5, 0.6) is 0 Å². The second-order valence-electron chi connectivity index (χ2n) is 7.20. The lowest BCUT2D eigenvalue weighted by atomic mass is 10.1. The van der Waals surface area contributed by atoms with Gasteiger partial charge in [-0.2, -0.15) is 5.10 Å². The Hall–Kier alpha value is -2.68. The van der Waals surface area contributed by atoms with Gasteiger partial charge in [0.05, 0.1) is 10.5 Å². The molecule has 2 amide bonds. The van der Waals surface area contributed by atoms with Gasteiger partial charge in [0.1, 0.15) is 5.69 Å². The van der Waals surface area contributed by atoms with E-state index in [2.05, 4.69) is 31.3 Å². The standard InChI is InChI=1S/C19H21BrN6O2/c1-11(2)22-18(27)16-5-4-15-12(3)24(6-7-25(15)16)19(28)14-8-17-21-9-13(20)10-26(17)23-14/h4-5,8-12H,6-7H2,1-3H3,(H,22,27). The van der Waals surface area contributed by atoms with Crippen LogP contribution < -0.4 is 5.32 Å². The molecule has 8 nitrogen and oxygen atoms in total. The lowest BCUT2D eigenvalue weighted by molar-refractivity contribution is 0.0635. The highest BCUT2D eigenvalue weighted by molar-refractivity contribution is 9.10. The Morgan fingerprint density at radius 3 is 2.82 bits per heavy atom. The van der Waals surface area contributed by atoms with E-state index in [1.807, 2.05) is 37.5 Å². The summed E-state index contributed by atoms with van der Waals surface area (Å²) in [6.45, 7) is 6.91. The third-order valence-corrected chi connectivity index (χ3v) is 5.30. The second kappa shape index (κ2) is 7.05. The zero-order valence-electron chi connectivity index (χ0n) is 15.9. The molecule has 1 aliphatic heterocycles. The molecule has 3 aromatic heterocycles. The summed E-state index contributed by atoms with van der Waals surface area (Å²) in [5, 5.41) is 7.29. The molecule has 0 spiro atoms. The maximum Gasteiger partial charge on any atom is 0.275 e. The van der Waals surface area contributed by atoms with Crippen LogP contribution in [0.25, 0.3) is 5.65 Å². The van der Waals surface area contributed by atoms with Gasteiger partial charge < -0.3 is 14.8 Å². The molecule has 0 saturated heterocycles. The van der Waals surface area contributed by atoms with Gasteiger partial charge in [-0.3, -0.25) is 9.59 Å². The lowest BCUT2D eigenvalue weighted by Gasteiger charge is -2.35. The Labute approximate surface area is 170 Å². The van der Waals surface area contributed by atoms with Gasteiger partial charge in [-0.25, -0.2) is 9.50 Å². The number of nitrogens with one attached hydrogen (secondary N) is 1. The van der Waals surface area contributed by atoms with Gasteiger partial charge in [0.15, 0.2) is 11.3 Å². The van der Waals surface area contributed by atoms with Crippen LogP contribution >= 0.6 is 15.9 Å². The predicted molar refractivity (Wildman–Crippen MR) is 107 cm³/mol. The Kier molecular flexibility index (Phi) is 4.70. The van der Waals surface area contributed by atoms with E-state index in [0.717, 1.165) is 10.2 Å². The van der Waals surface area contributed by atoms with E-state index in [0.29, 0.717) is 30.1 Å². The van der Waals surface area contributed by atoms with Gasteiger partial charge in [-0.15, -0.1) is 0 Å². The van der Waals surface area contributed by atoms with Crippen molar-refractivity contribution in [2.75, 3.05) is 6.54 Å². The number of rotatable bonds is 3. The molecule has 1 atom stereocenters. The van der Waals surface area contributed by atoms with Crippen molar-refractivity contribution in [1.29, 1.82) is 0 Å². The van der Waals surface area contributed by atoms with E-state index in [4.69, 9.17) is 0 Å². The summed E-state index contributed by atoms with van der Waals surface area (Å²) in [5.41, 5.74) is 2.55. The van der Waals surface area contributed by atoms with Crippen LogP contribution in [0.1, 0.15) is 53.5 Å². The molecule has 0 fully saturated rings. The van der Waals surface area contributed by atoms with Gasteiger partial charge in [0.2, 0.25) is 0 Å². The number of fused-ring (bicyclic) bond motifs is 2. The maximum atomic E-state index is 13.1. The minimum absolute atomic E-state index is 0.0708. The fourth-order valence-electron chi connectivity index (χ4n) is 3.58. The van der Waals surface area contributed by atoms with Crippen LogP contribution in [0, 0.1) is 0 Å². The molecule has 0 aromatic carbocycles. The van der Waals surface area contributed by atoms with E-state index < -0.39 is 0 Å². The average Bonchev–Trinajstić information content (AvgIpc) is 3.25. The molecule has 4 rings (SSSR count). The van der Waals surface area contributed by atoms with Crippen LogP contribution in [-0.2, 0) is 6.54 Å². The SMILES string of the molecule is CC(C)NC(=O)c1ccc2n1CCN(C(=O)c1cc3ncc(Br)cn3n1)C2C. The fourth-order valence-corrected chi connectivity index (χ4v) is 3.87. The number of aromatic nitrogens is 4. The normalized spacial score (nSPS) is 16.5. The average molecular weight is 445 g/mol. The number of amides is 2. The summed E-state index contributed by atoms with van der Waals surface area (Å²) < 4.78 is 4.37. The van der Waals surface area contributed by atoms with Gasteiger partial charge in [0, 0.05) is 43.3 Å². The molecular weight excluding hydrogens is 424 g/mol. The second-order valence-corrected chi connectivity index (χ2v) is 8.12. The molecule has 9 heteroatoms. The first-order valence-corrected chi connectivity index (χ1v) is 9.96. The van der Waals surface area contributed by atoms with Crippen molar-refractivity contribution in [3.63, 3.8) is 0 Å². The van der Waals surface area contributed by atoms with Gasteiger partial charge >= 0.3 is 0 Å². The summed E-state index contributed by atoms with van der Waals surface area (Å²) >= 11 is 3.36. The highest BCUT2D eigenvalue weighted by atomic mass is 79.9. The van der Waals surface area contributed by atoms with Gasteiger partial charge in [-0.1, -0.05) is 0 Å². The third kappa shape index (κ3) is 3.19. The first-order chi connectivity index (χ1) is 13.3. The minimum Gasteiger partial charge on any atom is -0.349 e. The number of hydrogen-bond acceptors (Lipinski definition) is 4. The molecule has 1 unspecified atom stereocenters. The van der Waals surface area contributed by atoms with Crippen molar-refractivity contribution < 1.29 is 9.59 Å². The summed E-state index contributed by atoms with van der Waals surface area (Å²) in [5.74, 6) is -0.236. The largest absolute Gasteiger partial charge is 0.349 e. The van der Waals surface area contributed by atoms with Crippen molar-refractivity contribution in [1.82, 2.24) is 29.4 Å². The molecule has 0 aliphatic carbocycles. The molecule has 4 heterocycles. The van der Waals surface area contributed by atoms with Gasteiger partial charge in [0.25, 0.3) is 11.8 Å². The van der Waals surface area contributed by atoms with Crippen molar-refractivity contribution in [2.24, 2.45) is 0 Å². The van der Waals surface area contributed by atoms with Crippen molar-refractivity contribution >= 4 is 33.4 Å². The van der Waals surface area contributed by atoms with E-state index in [9.17, 15) is 9.59 Å². The van der Waals surface area contributed by atoms with Crippen molar-refractivity contribution in [3.8, 4) is 0 Å². The summed E-state index contributed by atoms with van der Waals surface area (Å²) in [4.78, 5) is 31.6. The van der Waals surface area contributed by atoms with E-state index in [-0.39, 0.29) is 23.9 Å². The molecule has 0 bridgehead atoms. The number of halogens is 1. The van der Waals surface area contributed by atoms with Crippen LogP contribution in [0.3, 0.4) is 0 Å². The fraction of sp³-hybridized carbons (Fsp3) is 0.368. The molecule has 28 heavy (non-hydrogen) atoms. The van der Waals surface area contributed by atoms with Crippen LogP contribution in [0.2, 0.25) is 0 Å². The Morgan fingerprint density at radius 2 is 2.07 bits per heavy atom. The van der Waals surface area contributed by atoms with E-state index >= 15 is 0 Å². The Balaban J connectivity index is 1.60. The molecule has 146 valence electrons. The highest BCUT2D eigenvalue weighted by Gasteiger charge is 2.32. The molecule has 0 radical (unpaired) electrons. The van der Waals surface area contributed by atoms with E-state index in [1.54, 1.807) is 27.9 Å². The first-order valence-electron chi connectivity index (χ1n) is 9.17. The third-order valence-electron chi connectivity index (χ3n) is 4.89. The van der Waals surface area contributed by atoms with E-state index in [1.165, 1.54) is 0 Å². The van der Waals surface area contributed by atoms with Crippen LogP contribution in [0.15, 0.2) is 35.1 Å². The van der Waals surface area contributed by atoms with Gasteiger partial charge in [-0.05, 0) is 48.8 Å². The number of hydrogen-bond donors (Lipinski definition) is 1. The van der Waals surface area contributed by atoms with Crippen molar-refractivity contribution in [2.45, 2.75) is 39.4 Å². The predicted octanol–water partition coefficient (Wildman–Crippen LogP) is 2.65. The number of nitrogens with zero attached hydrogens (tertiary/aromatic N) is 5. The Morgan fingerprint density at radius 1 is 1.29 bits per heavy atom. The minimum atomic E-state index is -0.161. The topological polar surface area (TPSA) is 84.5 Å². The van der Waals surface area contributed by atoms with Crippen molar-refractivity contribution in [3.05, 3.63) is 52.1 Å². The smallest absolute Gasteiger partial charge is 0.275 e. The molecule has 1 N–H and O–H groups in total. The highest BCUT2D eigenvalue weighted by Crippen LogP contribution is 2.29. The zero-order valence-corrected chi connectivity index (χ0v) is 17.5. The summed E-state index contributed by atoms with van der Waals surface area (Å²) in [6.07, 6.45) is 3.44. The number of carbonyl (C=O) groups is 2. The molecule has 0 saturated carbocycles. The monoisotopic (exact) mass is 444 g/mol. The van der Waals surface area contributed by atoms with Crippen LogP contribution in [-0.4, -0.2) is 48.5 Å². The first kappa shape index (κ1) is 18.7. The van der Waals surface area contributed by atoms with Crippen LogP contribution in [0.4, 0.5) is 0 Å². The lowest BCUT2D eigenvalue weighted by Crippen LogP contribution is -2.42.